The third-order valence-electron chi connectivity index (χ3n) is 5.74. The van der Waals surface area contributed by atoms with Crippen LogP contribution >= 0.6 is 0 Å². The molecule has 2 N–H and O–H groups in total. The number of nitrogens with one attached hydrogen (secondary N) is 2. The number of nitrogens with zero attached hydrogens (tertiary/aromatic N) is 1. The van der Waals surface area contributed by atoms with Crippen molar-refractivity contribution < 1.29 is 4.74 Å². The summed E-state index contributed by atoms with van der Waals surface area (Å²) in [7, 11) is 0. The van der Waals surface area contributed by atoms with Crippen molar-refractivity contribution in [2.45, 2.75) is 33.6 Å². The Kier molecular flexibility index (Phi) is 4.45. The topological polar surface area (TPSA) is 49.9 Å². The molecule has 136 valence electrons. The third kappa shape index (κ3) is 3.21. The van der Waals surface area contributed by atoms with Crippen LogP contribution in [0.2, 0.25) is 0 Å². The van der Waals surface area contributed by atoms with E-state index >= 15 is 0 Å². The summed E-state index contributed by atoms with van der Waals surface area (Å²) in [5, 5.41) is 4.51. The number of benzene rings is 1. The molecule has 0 atom stereocenters. The number of aromatic nitrogens is 2. The quantitative estimate of drug-likeness (QED) is 0.723. The molecule has 3 aromatic rings. The monoisotopic (exact) mass is 349 g/mol. The molecular weight excluding hydrogens is 322 g/mol. The molecule has 0 saturated carbocycles. The van der Waals surface area contributed by atoms with Gasteiger partial charge >= 0.3 is 0 Å². The van der Waals surface area contributed by atoms with Crippen LogP contribution in [-0.2, 0) is 0 Å². The normalized spacial score (nSPS) is 16.7. The lowest BCUT2D eigenvalue weighted by molar-refractivity contribution is 0.124. The number of rotatable bonds is 4. The second kappa shape index (κ2) is 6.76. The first-order chi connectivity index (χ1) is 12.6. The molecule has 0 amide bonds. The molecule has 4 rings (SSSR count). The van der Waals surface area contributed by atoms with Gasteiger partial charge in [0.2, 0.25) is 0 Å². The first kappa shape index (κ1) is 17.1. The van der Waals surface area contributed by atoms with Crippen molar-refractivity contribution in [2.75, 3.05) is 19.7 Å². The lowest BCUT2D eigenvalue weighted by Crippen LogP contribution is -2.38. The minimum atomic E-state index is 0.234. The van der Waals surface area contributed by atoms with Gasteiger partial charge in [-0.1, -0.05) is 25.1 Å². The molecule has 0 unspecified atom stereocenters. The van der Waals surface area contributed by atoms with Gasteiger partial charge in [0.15, 0.2) is 0 Å². The number of ether oxygens (including phenoxy) is 1. The Morgan fingerprint density at radius 3 is 2.69 bits per heavy atom. The number of hydrogen-bond acceptors (Lipinski definition) is 3. The van der Waals surface area contributed by atoms with E-state index < -0.39 is 0 Å². The van der Waals surface area contributed by atoms with Gasteiger partial charge in [0.05, 0.1) is 12.0 Å². The van der Waals surface area contributed by atoms with Crippen LogP contribution in [0, 0.1) is 19.3 Å². The number of piperidine rings is 1. The number of pyridine rings is 1. The second-order valence-corrected chi connectivity index (χ2v) is 7.88. The van der Waals surface area contributed by atoms with Gasteiger partial charge in [0, 0.05) is 23.4 Å². The van der Waals surface area contributed by atoms with E-state index in [1.54, 1.807) is 0 Å². The Hall–Kier alpha value is -2.33. The largest absolute Gasteiger partial charge is 0.492 e. The van der Waals surface area contributed by atoms with E-state index in [0.29, 0.717) is 0 Å². The Morgan fingerprint density at radius 2 is 1.92 bits per heavy atom. The molecule has 1 aromatic carbocycles. The fourth-order valence-corrected chi connectivity index (χ4v) is 3.71. The fraction of sp³-hybridized carbons (Fsp3) is 0.409. The highest BCUT2D eigenvalue weighted by atomic mass is 16.5. The zero-order valence-electron chi connectivity index (χ0n) is 15.9. The van der Waals surface area contributed by atoms with Crippen molar-refractivity contribution in [2.24, 2.45) is 5.41 Å². The van der Waals surface area contributed by atoms with Gasteiger partial charge in [-0.3, -0.25) is 0 Å². The highest BCUT2D eigenvalue weighted by molar-refractivity contribution is 5.98. The number of aromatic amines is 1. The summed E-state index contributed by atoms with van der Waals surface area (Å²) < 4.78 is 6.35. The lowest BCUT2D eigenvalue weighted by Gasteiger charge is -2.33. The van der Waals surface area contributed by atoms with Gasteiger partial charge < -0.3 is 15.0 Å². The van der Waals surface area contributed by atoms with Gasteiger partial charge in [-0.15, -0.1) is 0 Å². The maximum Gasteiger partial charge on any atom is 0.141 e. The Labute approximate surface area is 155 Å². The molecule has 26 heavy (non-hydrogen) atoms. The van der Waals surface area contributed by atoms with E-state index in [0.717, 1.165) is 54.9 Å². The molecule has 0 spiro atoms. The Balaban J connectivity index is 1.69. The van der Waals surface area contributed by atoms with Gasteiger partial charge in [0.25, 0.3) is 0 Å². The molecule has 1 fully saturated rings. The van der Waals surface area contributed by atoms with Crippen molar-refractivity contribution in [3.05, 3.63) is 47.8 Å². The van der Waals surface area contributed by atoms with Crippen molar-refractivity contribution in [3.63, 3.8) is 0 Å². The zero-order valence-corrected chi connectivity index (χ0v) is 15.9. The third-order valence-corrected chi connectivity index (χ3v) is 5.74. The van der Waals surface area contributed by atoms with E-state index in [-0.39, 0.29) is 5.41 Å². The maximum absolute atomic E-state index is 6.35. The number of H-pyrrole nitrogens is 1. The summed E-state index contributed by atoms with van der Waals surface area (Å²) in [6, 6.07) is 8.58. The van der Waals surface area contributed by atoms with E-state index in [1.807, 2.05) is 18.5 Å². The van der Waals surface area contributed by atoms with Gasteiger partial charge in [-0.2, -0.15) is 0 Å². The van der Waals surface area contributed by atoms with E-state index in [9.17, 15) is 0 Å². The van der Waals surface area contributed by atoms with Crippen LogP contribution in [0.1, 0.15) is 30.9 Å². The summed E-state index contributed by atoms with van der Waals surface area (Å²) >= 11 is 0. The minimum Gasteiger partial charge on any atom is -0.492 e. The van der Waals surface area contributed by atoms with Crippen molar-refractivity contribution in [3.8, 4) is 16.9 Å². The standard InChI is InChI=1S/C22H27N3O/c1-15-4-5-17(12-16(15)2)18-13-25-21-20(18)19(6-9-24-21)26-14-22(3)7-10-23-11-8-22/h4-6,9,12-13,23H,7-8,10-11,14H2,1-3H3,(H,24,25). The molecule has 3 heterocycles. The SMILES string of the molecule is Cc1ccc(-c2c[nH]c3nccc(OCC4(C)CCNCC4)c23)cc1C. The van der Waals surface area contributed by atoms with Gasteiger partial charge in [-0.25, -0.2) is 4.98 Å². The average molecular weight is 349 g/mol. The Bertz CT molecular complexity index is 922. The molecule has 1 aliphatic rings. The van der Waals surface area contributed by atoms with E-state index in [2.05, 4.69) is 54.3 Å². The van der Waals surface area contributed by atoms with E-state index in [4.69, 9.17) is 4.74 Å². The Morgan fingerprint density at radius 1 is 1.12 bits per heavy atom. The fourth-order valence-electron chi connectivity index (χ4n) is 3.71. The summed E-state index contributed by atoms with van der Waals surface area (Å²) in [5.74, 6) is 0.921. The number of aryl methyl sites for hydroxylation is 2. The smallest absolute Gasteiger partial charge is 0.141 e. The molecule has 1 aliphatic heterocycles. The van der Waals surface area contributed by atoms with Crippen LogP contribution in [0.4, 0.5) is 0 Å². The van der Waals surface area contributed by atoms with Crippen LogP contribution < -0.4 is 10.1 Å². The number of fused-ring (bicyclic) bond motifs is 1. The van der Waals surface area contributed by atoms with Crippen LogP contribution in [0.3, 0.4) is 0 Å². The molecule has 4 heteroatoms. The molecule has 0 bridgehead atoms. The maximum atomic E-state index is 6.35. The van der Waals surface area contributed by atoms with Crippen LogP contribution in [-0.4, -0.2) is 29.7 Å². The van der Waals surface area contributed by atoms with Crippen LogP contribution in [0.5, 0.6) is 5.75 Å². The molecule has 0 radical (unpaired) electrons. The highest BCUT2D eigenvalue weighted by Crippen LogP contribution is 2.36. The lowest BCUT2D eigenvalue weighted by atomic mass is 9.82. The van der Waals surface area contributed by atoms with Crippen molar-refractivity contribution in [1.29, 1.82) is 0 Å². The summed E-state index contributed by atoms with van der Waals surface area (Å²) in [4.78, 5) is 7.80. The molecule has 0 aliphatic carbocycles. The molecule has 4 nitrogen and oxygen atoms in total. The summed E-state index contributed by atoms with van der Waals surface area (Å²) in [5.41, 5.74) is 6.07. The van der Waals surface area contributed by atoms with Crippen LogP contribution in [0.25, 0.3) is 22.2 Å². The molecule has 2 aromatic heterocycles. The first-order valence-electron chi connectivity index (χ1n) is 9.43. The van der Waals surface area contributed by atoms with E-state index in [1.165, 1.54) is 16.7 Å². The number of hydrogen-bond donors (Lipinski definition) is 2. The highest BCUT2D eigenvalue weighted by Gasteiger charge is 2.28. The van der Waals surface area contributed by atoms with Gasteiger partial charge in [-0.05, 0) is 62.5 Å². The predicted octanol–water partition coefficient (Wildman–Crippen LogP) is 4.62. The van der Waals surface area contributed by atoms with Crippen molar-refractivity contribution in [1.82, 2.24) is 15.3 Å². The molecular formula is C22H27N3O. The van der Waals surface area contributed by atoms with Crippen molar-refractivity contribution >= 4 is 11.0 Å². The zero-order chi connectivity index (χ0) is 18.1. The first-order valence-corrected chi connectivity index (χ1v) is 9.43. The average Bonchev–Trinajstić information content (AvgIpc) is 3.08. The molecule has 1 saturated heterocycles. The summed E-state index contributed by atoms with van der Waals surface area (Å²) in [6.45, 7) is 9.51. The van der Waals surface area contributed by atoms with Gasteiger partial charge in [0.1, 0.15) is 11.4 Å². The minimum absolute atomic E-state index is 0.234. The van der Waals surface area contributed by atoms with Crippen LogP contribution in [0.15, 0.2) is 36.7 Å². The predicted molar refractivity (Wildman–Crippen MR) is 107 cm³/mol. The second-order valence-electron chi connectivity index (χ2n) is 7.88. The summed E-state index contributed by atoms with van der Waals surface area (Å²) in [6.07, 6.45) is 6.17.